The Hall–Kier alpha value is -2.63. The van der Waals surface area contributed by atoms with Crippen LogP contribution in [0.15, 0.2) is 34.9 Å². The van der Waals surface area contributed by atoms with Crippen molar-refractivity contribution in [2.75, 3.05) is 11.9 Å². The number of carbonyl (C=O) groups excluding carboxylic acids is 2. The number of hydrogen-bond donors (Lipinski definition) is 1. The Bertz CT molecular complexity index is 634. The van der Waals surface area contributed by atoms with Crippen LogP contribution < -0.4 is 5.32 Å². The van der Waals surface area contributed by atoms with Crippen molar-refractivity contribution < 1.29 is 18.7 Å². The van der Waals surface area contributed by atoms with E-state index in [0.717, 1.165) is 0 Å². The Kier molecular flexibility index (Phi) is 4.14. The van der Waals surface area contributed by atoms with Gasteiger partial charge in [0.25, 0.3) is 5.91 Å². The van der Waals surface area contributed by atoms with Crippen molar-refractivity contribution in [3.05, 3.63) is 47.5 Å². The molecular formula is C14H14N2O4. The Morgan fingerprint density at radius 1 is 1.35 bits per heavy atom. The van der Waals surface area contributed by atoms with Gasteiger partial charge in [0, 0.05) is 6.20 Å². The highest BCUT2D eigenvalue weighted by molar-refractivity contribution is 6.02. The van der Waals surface area contributed by atoms with Crippen LogP contribution in [0, 0.1) is 6.92 Å². The number of carbonyl (C=O) groups is 2. The number of aryl methyl sites for hydroxylation is 1. The highest BCUT2D eigenvalue weighted by Gasteiger charge is 2.13. The maximum atomic E-state index is 11.9. The first-order valence-electron chi connectivity index (χ1n) is 6.11. The molecule has 2 aromatic rings. The number of pyridine rings is 1. The third-order valence-electron chi connectivity index (χ3n) is 2.48. The smallest absolute Gasteiger partial charge is 0.338 e. The van der Waals surface area contributed by atoms with Crippen LogP contribution in [0.5, 0.6) is 0 Å². The Morgan fingerprint density at radius 3 is 2.80 bits per heavy atom. The standard InChI is InChI=1S/C14H14N2O4/c1-3-19-14(18)10-6-7-15-12(8-10)16-13(17)11-5-4-9(2)20-11/h4-8H,3H2,1-2H3,(H,15,16,17). The van der Waals surface area contributed by atoms with E-state index in [1.807, 2.05) is 0 Å². The molecule has 2 rings (SSSR count). The first kappa shape index (κ1) is 13.8. The van der Waals surface area contributed by atoms with Crippen molar-refractivity contribution in [3.8, 4) is 0 Å². The van der Waals surface area contributed by atoms with Crippen molar-refractivity contribution >= 4 is 17.7 Å². The molecule has 0 unspecified atom stereocenters. The van der Waals surface area contributed by atoms with E-state index >= 15 is 0 Å². The van der Waals surface area contributed by atoms with Crippen LogP contribution in [-0.2, 0) is 4.74 Å². The van der Waals surface area contributed by atoms with Crippen LogP contribution in [0.3, 0.4) is 0 Å². The number of amides is 1. The molecule has 0 radical (unpaired) electrons. The van der Waals surface area contributed by atoms with Crippen LogP contribution in [0.4, 0.5) is 5.82 Å². The van der Waals surface area contributed by atoms with E-state index in [-0.39, 0.29) is 18.2 Å². The molecule has 0 saturated heterocycles. The lowest BCUT2D eigenvalue weighted by molar-refractivity contribution is 0.0526. The Labute approximate surface area is 115 Å². The molecular weight excluding hydrogens is 260 g/mol. The third-order valence-corrected chi connectivity index (χ3v) is 2.48. The molecule has 20 heavy (non-hydrogen) atoms. The van der Waals surface area contributed by atoms with Crippen molar-refractivity contribution in [2.24, 2.45) is 0 Å². The van der Waals surface area contributed by atoms with Crippen molar-refractivity contribution in [3.63, 3.8) is 0 Å². The lowest BCUT2D eigenvalue weighted by atomic mass is 10.2. The topological polar surface area (TPSA) is 81.4 Å². The summed E-state index contributed by atoms with van der Waals surface area (Å²) in [7, 11) is 0. The fraction of sp³-hybridized carbons (Fsp3) is 0.214. The first-order valence-corrected chi connectivity index (χ1v) is 6.11. The molecule has 0 aliphatic rings. The summed E-state index contributed by atoms with van der Waals surface area (Å²) >= 11 is 0. The molecule has 0 aliphatic heterocycles. The number of esters is 1. The maximum absolute atomic E-state index is 11.9. The maximum Gasteiger partial charge on any atom is 0.338 e. The predicted octanol–water partition coefficient (Wildman–Crippen LogP) is 2.41. The van der Waals surface area contributed by atoms with E-state index in [4.69, 9.17) is 9.15 Å². The number of furan rings is 1. The van der Waals surface area contributed by atoms with Crippen LogP contribution in [0.1, 0.15) is 33.6 Å². The van der Waals surface area contributed by atoms with Crippen LogP contribution in [0.25, 0.3) is 0 Å². The average Bonchev–Trinajstić information content (AvgIpc) is 2.86. The van der Waals surface area contributed by atoms with Gasteiger partial charge in [-0.2, -0.15) is 0 Å². The summed E-state index contributed by atoms with van der Waals surface area (Å²) in [4.78, 5) is 27.4. The number of aromatic nitrogens is 1. The van der Waals surface area contributed by atoms with Crippen molar-refractivity contribution in [2.45, 2.75) is 13.8 Å². The zero-order chi connectivity index (χ0) is 14.5. The second kappa shape index (κ2) is 6.01. The summed E-state index contributed by atoms with van der Waals surface area (Å²) < 4.78 is 10.1. The molecule has 0 spiro atoms. The zero-order valence-corrected chi connectivity index (χ0v) is 11.2. The highest BCUT2D eigenvalue weighted by Crippen LogP contribution is 2.12. The monoisotopic (exact) mass is 274 g/mol. The number of hydrogen-bond acceptors (Lipinski definition) is 5. The predicted molar refractivity (Wildman–Crippen MR) is 71.6 cm³/mol. The molecule has 0 saturated carbocycles. The van der Waals surface area contributed by atoms with E-state index in [9.17, 15) is 9.59 Å². The normalized spacial score (nSPS) is 10.1. The molecule has 0 aliphatic carbocycles. The van der Waals surface area contributed by atoms with Crippen LogP contribution in [-0.4, -0.2) is 23.5 Å². The summed E-state index contributed by atoms with van der Waals surface area (Å²) in [6.07, 6.45) is 1.43. The van der Waals surface area contributed by atoms with E-state index in [0.29, 0.717) is 11.3 Å². The molecule has 1 N–H and O–H groups in total. The van der Waals surface area contributed by atoms with Gasteiger partial charge in [0.2, 0.25) is 0 Å². The number of anilines is 1. The summed E-state index contributed by atoms with van der Waals surface area (Å²) in [6.45, 7) is 3.76. The van der Waals surface area contributed by atoms with Crippen molar-refractivity contribution in [1.29, 1.82) is 0 Å². The number of nitrogens with zero attached hydrogens (tertiary/aromatic N) is 1. The molecule has 2 aromatic heterocycles. The van der Waals surface area contributed by atoms with Crippen LogP contribution >= 0.6 is 0 Å². The Morgan fingerprint density at radius 2 is 2.15 bits per heavy atom. The summed E-state index contributed by atoms with van der Waals surface area (Å²) in [6, 6.07) is 6.23. The SMILES string of the molecule is CCOC(=O)c1ccnc(NC(=O)c2ccc(C)o2)c1. The van der Waals surface area contributed by atoms with Gasteiger partial charge in [-0.1, -0.05) is 0 Å². The highest BCUT2D eigenvalue weighted by atomic mass is 16.5. The van der Waals surface area contributed by atoms with Crippen molar-refractivity contribution in [1.82, 2.24) is 4.98 Å². The average molecular weight is 274 g/mol. The number of rotatable bonds is 4. The third kappa shape index (κ3) is 3.23. The molecule has 0 bridgehead atoms. The minimum Gasteiger partial charge on any atom is -0.462 e. The van der Waals surface area contributed by atoms with Gasteiger partial charge in [0.15, 0.2) is 5.76 Å². The van der Waals surface area contributed by atoms with Gasteiger partial charge in [-0.25, -0.2) is 9.78 Å². The van der Waals surface area contributed by atoms with Gasteiger partial charge in [0.05, 0.1) is 12.2 Å². The van der Waals surface area contributed by atoms with Gasteiger partial charge in [-0.05, 0) is 38.1 Å². The van der Waals surface area contributed by atoms with Gasteiger partial charge in [-0.15, -0.1) is 0 Å². The minimum absolute atomic E-state index is 0.186. The molecule has 0 fully saturated rings. The quantitative estimate of drug-likeness (QED) is 0.866. The van der Waals surface area contributed by atoms with Gasteiger partial charge in [-0.3, -0.25) is 4.79 Å². The largest absolute Gasteiger partial charge is 0.462 e. The van der Waals surface area contributed by atoms with E-state index in [1.54, 1.807) is 26.0 Å². The lowest BCUT2D eigenvalue weighted by Crippen LogP contribution is -2.13. The first-order chi connectivity index (χ1) is 9.60. The van der Waals surface area contributed by atoms with Gasteiger partial charge >= 0.3 is 5.97 Å². The zero-order valence-electron chi connectivity index (χ0n) is 11.2. The lowest BCUT2D eigenvalue weighted by Gasteiger charge is -2.05. The van der Waals surface area contributed by atoms with Crippen LogP contribution in [0.2, 0.25) is 0 Å². The van der Waals surface area contributed by atoms with Gasteiger partial charge < -0.3 is 14.5 Å². The summed E-state index contributed by atoms with van der Waals surface area (Å²) in [5.74, 6) is 0.203. The molecule has 6 nitrogen and oxygen atoms in total. The minimum atomic E-state index is -0.459. The molecule has 0 aromatic carbocycles. The molecule has 0 atom stereocenters. The van der Waals surface area contributed by atoms with Gasteiger partial charge in [0.1, 0.15) is 11.6 Å². The van der Waals surface area contributed by atoms with E-state index in [2.05, 4.69) is 10.3 Å². The second-order valence-electron chi connectivity index (χ2n) is 4.01. The summed E-state index contributed by atoms with van der Waals surface area (Å²) in [5.41, 5.74) is 0.327. The fourth-order valence-corrected chi connectivity index (χ4v) is 1.57. The molecule has 104 valence electrons. The molecule has 1 amide bonds. The fourth-order valence-electron chi connectivity index (χ4n) is 1.57. The molecule has 2 heterocycles. The number of nitrogens with one attached hydrogen (secondary N) is 1. The Balaban J connectivity index is 2.12. The number of ether oxygens (including phenoxy) is 1. The second-order valence-corrected chi connectivity index (χ2v) is 4.01. The van der Waals surface area contributed by atoms with E-state index < -0.39 is 11.9 Å². The van der Waals surface area contributed by atoms with E-state index in [1.165, 1.54) is 18.3 Å². The molecule has 6 heteroatoms. The summed E-state index contributed by atoms with van der Waals surface area (Å²) in [5, 5.41) is 2.56.